The first kappa shape index (κ1) is 21.3. The molecule has 0 radical (unpaired) electrons. The van der Waals surface area contributed by atoms with Gasteiger partial charge in [-0.3, -0.25) is 0 Å². The highest BCUT2D eigenvalue weighted by Crippen LogP contribution is 2.20. The smallest absolute Gasteiger partial charge is 0.209 e. The second-order valence-electron chi connectivity index (χ2n) is 8.22. The van der Waals surface area contributed by atoms with Crippen LogP contribution in [-0.4, -0.2) is 53.5 Å². The van der Waals surface area contributed by atoms with E-state index < -0.39 is 0 Å². The standard InChI is InChI=1S/C24H32N6O/c1-3-4-10-23(24-25-26-27-30(24)19-20-8-6-5-7-9-20)29-17-15-28(16-18-29)21-11-13-22(31-2)14-12-21/h5-9,11-14,23H,3-4,10,15-19H2,1-2H3/p+1/t23-/m0/s1. The van der Waals surface area contributed by atoms with E-state index in [9.17, 15) is 0 Å². The number of hydrogen-bond acceptors (Lipinski definition) is 5. The third-order valence-corrected chi connectivity index (χ3v) is 6.23. The molecule has 0 unspecified atom stereocenters. The lowest BCUT2D eigenvalue weighted by Gasteiger charge is -2.37. The molecule has 0 amide bonds. The predicted octanol–water partition coefficient (Wildman–Crippen LogP) is 2.37. The van der Waals surface area contributed by atoms with Crippen molar-refractivity contribution in [2.45, 2.75) is 38.8 Å². The number of nitrogens with one attached hydrogen (secondary N) is 1. The maximum Gasteiger partial charge on any atom is 0.209 e. The summed E-state index contributed by atoms with van der Waals surface area (Å²) in [6.07, 6.45) is 3.49. The molecular weight excluding hydrogens is 388 g/mol. The first-order chi connectivity index (χ1) is 15.3. The zero-order chi connectivity index (χ0) is 21.5. The summed E-state index contributed by atoms with van der Waals surface area (Å²) >= 11 is 0. The minimum atomic E-state index is 0.330. The van der Waals surface area contributed by atoms with Crippen LogP contribution >= 0.6 is 0 Å². The van der Waals surface area contributed by atoms with Gasteiger partial charge >= 0.3 is 0 Å². The lowest BCUT2D eigenvalue weighted by molar-refractivity contribution is -0.933. The van der Waals surface area contributed by atoms with E-state index in [1.165, 1.54) is 24.1 Å². The second kappa shape index (κ2) is 10.4. The van der Waals surface area contributed by atoms with E-state index in [0.29, 0.717) is 6.04 Å². The highest BCUT2D eigenvalue weighted by Gasteiger charge is 2.32. The number of anilines is 1. The number of quaternary nitrogens is 1. The van der Waals surface area contributed by atoms with Crippen LogP contribution in [0.15, 0.2) is 54.6 Å². The third-order valence-electron chi connectivity index (χ3n) is 6.23. The minimum Gasteiger partial charge on any atom is -0.497 e. The Bertz CT molecular complexity index is 919. The Morgan fingerprint density at radius 1 is 1.03 bits per heavy atom. The van der Waals surface area contributed by atoms with Crippen molar-refractivity contribution in [3.8, 4) is 5.75 Å². The van der Waals surface area contributed by atoms with E-state index in [4.69, 9.17) is 4.74 Å². The minimum absolute atomic E-state index is 0.330. The van der Waals surface area contributed by atoms with Crippen LogP contribution in [0.3, 0.4) is 0 Å². The van der Waals surface area contributed by atoms with Gasteiger partial charge < -0.3 is 14.5 Å². The zero-order valence-electron chi connectivity index (χ0n) is 18.6. The Labute approximate surface area is 184 Å². The van der Waals surface area contributed by atoms with E-state index >= 15 is 0 Å². The highest BCUT2D eigenvalue weighted by atomic mass is 16.5. The Morgan fingerprint density at radius 2 is 1.77 bits per heavy atom. The topological polar surface area (TPSA) is 60.5 Å². The van der Waals surface area contributed by atoms with Crippen molar-refractivity contribution in [3.05, 3.63) is 66.0 Å². The highest BCUT2D eigenvalue weighted by molar-refractivity contribution is 5.49. The van der Waals surface area contributed by atoms with Crippen LogP contribution in [0.4, 0.5) is 5.69 Å². The molecule has 1 fully saturated rings. The van der Waals surface area contributed by atoms with E-state index in [1.54, 1.807) is 12.0 Å². The Balaban J connectivity index is 1.46. The number of benzene rings is 2. The summed E-state index contributed by atoms with van der Waals surface area (Å²) in [4.78, 5) is 4.05. The molecule has 1 saturated heterocycles. The van der Waals surface area contributed by atoms with Gasteiger partial charge in [0, 0.05) is 12.1 Å². The Morgan fingerprint density at radius 3 is 2.45 bits per heavy atom. The molecule has 1 N–H and O–H groups in total. The van der Waals surface area contributed by atoms with Crippen molar-refractivity contribution in [2.24, 2.45) is 0 Å². The monoisotopic (exact) mass is 421 g/mol. The van der Waals surface area contributed by atoms with Gasteiger partial charge in [0.1, 0.15) is 11.8 Å². The van der Waals surface area contributed by atoms with Crippen LogP contribution in [0.25, 0.3) is 0 Å². The molecule has 1 atom stereocenters. The molecule has 164 valence electrons. The van der Waals surface area contributed by atoms with Gasteiger partial charge in [0.25, 0.3) is 0 Å². The predicted molar refractivity (Wildman–Crippen MR) is 122 cm³/mol. The number of aromatic nitrogens is 4. The summed E-state index contributed by atoms with van der Waals surface area (Å²) in [5.74, 6) is 1.92. The van der Waals surface area contributed by atoms with Gasteiger partial charge in [-0.25, -0.2) is 4.68 Å². The molecule has 7 heteroatoms. The maximum atomic E-state index is 5.29. The first-order valence-electron chi connectivity index (χ1n) is 11.3. The number of tetrazole rings is 1. The summed E-state index contributed by atoms with van der Waals surface area (Å²) in [5.41, 5.74) is 2.49. The van der Waals surface area contributed by atoms with Gasteiger partial charge in [-0.15, -0.1) is 5.10 Å². The molecule has 7 nitrogen and oxygen atoms in total. The summed E-state index contributed by atoms with van der Waals surface area (Å²) < 4.78 is 7.29. The second-order valence-corrected chi connectivity index (χ2v) is 8.22. The molecule has 3 aromatic rings. The SMILES string of the molecule is CCCC[C@@H](c1nnnn1Cc1ccccc1)[NH+]1CCN(c2ccc(OC)cc2)CC1. The normalized spacial score (nSPS) is 15.7. The number of unbranched alkanes of at least 4 members (excludes halogenated alkanes) is 1. The average Bonchev–Trinajstić information content (AvgIpc) is 3.28. The van der Waals surface area contributed by atoms with Crippen LogP contribution in [0.5, 0.6) is 5.75 Å². The van der Waals surface area contributed by atoms with Crippen LogP contribution in [0.2, 0.25) is 0 Å². The summed E-state index contributed by atoms with van der Waals surface area (Å²) in [7, 11) is 1.71. The van der Waals surface area contributed by atoms with Crippen molar-refractivity contribution in [1.82, 2.24) is 20.2 Å². The number of methoxy groups -OCH3 is 1. The maximum absolute atomic E-state index is 5.29. The molecule has 1 aliphatic rings. The fourth-order valence-electron chi connectivity index (χ4n) is 4.45. The number of nitrogens with zero attached hydrogens (tertiary/aromatic N) is 5. The van der Waals surface area contributed by atoms with Crippen molar-refractivity contribution >= 4 is 5.69 Å². The summed E-state index contributed by atoms with van der Waals surface area (Å²) in [6.45, 7) is 7.20. The van der Waals surface area contributed by atoms with E-state index in [2.05, 4.69) is 63.7 Å². The fourth-order valence-corrected chi connectivity index (χ4v) is 4.45. The van der Waals surface area contributed by atoms with E-state index in [0.717, 1.165) is 50.7 Å². The molecular formula is C24H33N6O+. The largest absolute Gasteiger partial charge is 0.497 e. The van der Waals surface area contributed by atoms with E-state index in [1.807, 2.05) is 22.9 Å². The summed E-state index contributed by atoms with van der Waals surface area (Å²) in [6, 6.07) is 19.1. The van der Waals surface area contributed by atoms with Crippen LogP contribution in [0.1, 0.15) is 43.6 Å². The molecule has 1 aliphatic heterocycles. The Hall–Kier alpha value is -2.93. The van der Waals surface area contributed by atoms with Gasteiger partial charge in [-0.05, 0) is 46.7 Å². The number of hydrogen-bond donors (Lipinski definition) is 1. The molecule has 0 saturated carbocycles. The zero-order valence-corrected chi connectivity index (χ0v) is 18.6. The first-order valence-corrected chi connectivity index (χ1v) is 11.3. The molecule has 4 rings (SSSR count). The molecule has 1 aromatic heterocycles. The lowest BCUT2D eigenvalue weighted by Crippen LogP contribution is -3.15. The van der Waals surface area contributed by atoms with Crippen molar-refractivity contribution in [1.29, 1.82) is 0 Å². The Kier molecular flexibility index (Phi) is 7.14. The molecule has 0 bridgehead atoms. The molecule has 31 heavy (non-hydrogen) atoms. The molecule has 2 aromatic carbocycles. The van der Waals surface area contributed by atoms with Gasteiger partial charge in [-0.1, -0.05) is 43.7 Å². The quantitative estimate of drug-likeness (QED) is 0.575. The van der Waals surface area contributed by atoms with Gasteiger partial charge in [-0.2, -0.15) is 0 Å². The average molecular weight is 422 g/mol. The molecule has 0 aliphatic carbocycles. The number of ether oxygens (including phenoxy) is 1. The molecule has 0 spiro atoms. The fraction of sp³-hybridized carbons (Fsp3) is 0.458. The molecule has 2 heterocycles. The van der Waals surface area contributed by atoms with Crippen molar-refractivity contribution < 1.29 is 9.64 Å². The number of piperazine rings is 1. The van der Waals surface area contributed by atoms with Crippen LogP contribution < -0.4 is 14.5 Å². The van der Waals surface area contributed by atoms with E-state index in [-0.39, 0.29) is 0 Å². The third kappa shape index (κ3) is 5.22. The number of rotatable bonds is 9. The van der Waals surface area contributed by atoms with Gasteiger partial charge in [0.05, 0.1) is 39.8 Å². The lowest BCUT2D eigenvalue weighted by atomic mass is 10.1. The summed E-state index contributed by atoms with van der Waals surface area (Å²) in [5, 5.41) is 12.9. The van der Waals surface area contributed by atoms with Gasteiger partial charge in [0.2, 0.25) is 5.82 Å². The van der Waals surface area contributed by atoms with Crippen molar-refractivity contribution in [3.63, 3.8) is 0 Å². The van der Waals surface area contributed by atoms with Gasteiger partial charge in [0.15, 0.2) is 0 Å². The van der Waals surface area contributed by atoms with Crippen molar-refractivity contribution in [2.75, 3.05) is 38.2 Å². The van der Waals surface area contributed by atoms with Crippen LogP contribution in [-0.2, 0) is 6.54 Å². The van der Waals surface area contributed by atoms with Crippen LogP contribution in [0, 0.1) is 0 Å².